The molecular formula is C19H19NO3. The summed E-state index contributed by atoms with van der Waals surface area (Å²) in [5, 5.41) is 1.05. The molecule has 118 valence electrons. The number of hydrogen-bond donors (Lipinski definition) is 1. The molecule has 0 atom stereocenters. The van der Waals surface area contributed by atoms with Crippen LogP contribution >= 0.6 is 0 Å². The van der Waals surface area contributed by atoms with Crippen LogP contribution in [0.15, 0.2) is 48.7 Å². The maximum absolute atomic E-state index is 11.7. The second-order valence-electron chi connectivity index (χ2n) is 5.29. The van der Waals surface area contributed by atoms with Crippen LogP contribution < -0.4 is 4.74 Å². The topological polar surface area (TPSA) is 51.3 Å². The molecule has 23 heavy (non-hydrogen) atoms. The fraction of sp³-hybridized carbons (Fsp3) is 0.211. The van der Waals surface area contributed by atoms with Gasteiger partial charge in [-0.3, -0.25) is 4.79 Å². The third-order valence-electron chi connectivity index (χ3n) is 3.81. The van der Waals surface area contributed by atoms with Crippen molar-refractivity contribution in [1.29, 1.82) is 0 Å². The Balaban J connectivity index is 1.92. The first-order valence-corrected chi connectivity index (χ1v) is 7.61. The monoisotopic (exact) mass is 309 g/mol. The van der Waals surface area contributed by atoms with Crippen molar-refractivity contribution in [3.05, 3.63) is 54.2 Å². The third-order valence-corrected chi connectivity index (χ3v) is 3.81. The molecule has 3 aromatic rings. The van der Waals surface area contributed by atoms with E-state index in [1.165, 1.54) is 0 Å². The van der Waals surface area contributed by atoms with Crippen molar-refractivity contribution >= 4 is 16.9 Å². The highest BCUT2D eigenvalue weighted by Crippen LogP contribution is 2.28. The summed E-state index contributed by atoms with van der Waals surface area (Å²) in [5.74, 6) is 0.627. The number of aromatic nitrogens is 1. The van der Waals surface area contributed by atoms with E-state index < -0.39 is 0 Å². The standard InChI is InChI=1S/C19H19NO3/c1-3-23-19(21)11-15-12-20-18-10-14(7-8-17(15)18)13-5-4-6-16(9-13)22-2/h4-10,12,20H,3,11H2,1-2H3. The molecule has 0 saturated heterocycles. The molecule has 0 radical (unpaired) electrons. The van der Waals surface area contributed by atoms with Gasteiger partial charge >= 0.3 is 5.97 Å². The zero-order chi connectivity index (χ0) is 16.2. The summed E-state index contributed by atoms with van der Waals surface area (Å²) in [6.07, 6.45) is 2.16. The lowest BCUT2D eigenvalue weighted by Gasteiger charge is -2.05. The fourth-order valence-electron chi connectivity index (χ4n) is 2.68. The first-order chi connectivity index (χ1) is 11.2. The van der Waals surface area contributed by atoms with Gasteiger partial charge in [0, 0.05) is 17.1 Å². The smallest absolute Gasteiger partial charge is 0.310 e. The average molecular weight is 309 g/mol. The van der Waals surface area contributed by atoms with Gasteiger partial charge in [0.2, 0.25) is 0 Å². The molecule has 4 heteroatoms. The number of fused-ring (bicyclic) bond motifs is 1. The van der Waals surface area contributed by atoms with Crippen LogP contribution in [0, 0.1) is 0 Å². The molecule has 0 aliphatic carbocycles. The molecular weight excluding hydrogens is 290 g/mol. The molecule has 0 aliphatic rings. The Labute approximate surface area is 135 Å². The summed E-state index contributed by atoms with van der Waals surface area (Å²) in [4.78, 5) is 14.9. The van der Waals surface area contributed by atoms with Crippen molar-refractivity contribution in [3.8, 4) is 16.9 Å². The lowest BCUT2D eigenvalue weighted by atomic mass is 10.0. The van der Waals surface area contributed by atoms with Gasteiger partial charge in [0.25, 0.3) is 0 Å². The predicted molar refractivity (Wildman–Crippen MR) is 90.6 cm³/mol. The lowest BCUT2D eigenvalue weighted by Crippen LogP contribution is -2.06. The van der Waals surface area contributed by atoms with Crippen LogP contribution in [0.2, 0.25) is 0 Å². The van der Waals surface area contributed by atoms with Crippen molar-refractivity contribution < 1.29 is 14.3 Å². The lowest BCUT2D eigenvalue weighted by molar-refractivity contribution is -0.142. The number of aromatic amines is 1. The van der Waals surface area contributed by atoms with E-state index in [4.69, 9.17) is 9.47 Å². The van der Waals surface area contributed by atoms with E-state index in [0.717, 1.165) is 33.3 Å². The Morgan fingerprint density at radius 1 is 1.13 bits per heavy atom. The van der Waals surface area contributed by atoms with Crippen LogP contribution in [0.4, 0.5) is 0 Å². The van der Waals surface area contributed by atoms with E-state index >= 15 is 0 Å². The zero-order valence-electron chi connectivity index (χ0n) is 13.3. The minimum Gasteiger partial charge on any atom is -0.497 e. The Bertz CT molecular complexity index is 836. The predicted octanol–water partition coefficient (Wildman–Crippen LogP) is 3.95. The van der Waals surface area contributed by atoms with E-state index in [1.54, 1.807) is 7.11 Å². The van der Waals surface area contributed by atoms with Gasteiger partial charge in [-0.25, -0.2) is 0 Å². The summed E-state index contributed by atoms with van der Waals surface area (Å²) < 4.78 is 10.3. The molecule has 1 aromatic heterocycles. The molecule has 0 fully saturated rings. The summed E-state index contributed by atoms with van der Waals surface area (Å²) in [6, 6.07) is 14.1. The average Bonchev–Trinajstić information content (AvgIpc) is 2.97. The van der Waals surface area contributed by atoms with Crippen molar-refractivity contribution in [2.75, 3.05) is 13.7 Å². The SMILES string of the molecule is CCOC(=O)Cc1c[nH]c2cc(-c3cccc(OC)c3)ccc12. The molecule has 0 amide bonds. The number of nitrogens with one attached hydrogen (secondary N) is 1. The number of carbonyl (C=O) groups excluding carboxylic acids is 1. The number of carbonyl (C=O) groups is 1. The molecule has 0 bridgehead atoms. The van der Waals surface area contributed by atoms with Gasteiger partial charge in [-0.1, -0.05) is 24.3 Å². The number of benzene rings is 2. The van der Waals surface area contributed by atoms with Gasteiger partial charge in [0.15, 0.2) is 0 Å². The normalized spacial score (nSPS) is 10.7. The summed E-state index contributed by atoms with van der Waals surface area (Å²) >= 11 is 0. The molecule has 1 N–H and O–H groups in total. The minimum atomic E-state index is -0.203. The Hall–Kier alpha value is -2.75. The number of hydrogen-bond acceptors (Lipinski definition) is 3. The highest BCUT2D eigenvalue weighted by molar-refractivity contribution is 5.90. The molecule has 0 unspecified atom stereocenters. The molecule has 0 aliphatic heterocycles. The summed E-state index contributed by atoms with van der Waals surface area (Å²) in [5.41, 5.74) is 4.15. The number of ether oxygens (including phenoxy) is 2. The zero-order valence-corrected chi connectivity index (χ0v) is 13.3. The molecule has 2 aromatic carbocycles. The van der Waals surface area contributed by atoms with Crippen molar-refractivity contribution in [3.63, 3.8) is 0 Å². The van der Waals surface area contributed by atoms with E-state index in [2.05, 4.69) is 17.1 Å². The largest absolute Gasteiger partial charge is 0.497 e. The first-order valence-electron chi connectivity index (χ1n) is 7.61. The molecule has 3 rings (SSSR count). The van der Waals surface area contributed by atoms with Crippen molar-refractivity contribution in [2.24, 2.45) is 0 Å². The summed E-state index contributed by atoms with van der Waals surface area (Å²) in [6.45, 7) is 2.22. The second-order valence-corrected chi connectivity index (χ2v) is 5.29. The van der Waals surface area contributed by atoms with Gasteiger partial charge < -0.3 is 14.5 Å². The van der Waals surface area contributed by atoms with E-state index in [-0.39, 0.29) is 12.4 Å². The molecule has 4 nitrogen and oxygen atoms in total. The Morgan fingerprint density at radius 2 is 1.96 bits per heavy atom. The van der Waals surface area contributed by atoms with Crippen LogP contribution in [-0.2, 0) is 16.0 Å². The van der Waals surface area contributed by atoms with Crippen LogP contribution in [-0.4, -0.2) is 24.7 Å². The van der Waals surface area contributed by atoms with Gasteiger partial charge in [-0.15, -0.1) is 0 Å². The third kappa shape index (κ3) is 3.21. The fourth-order valence-corrected chi connectivity index (χ4v) is 2.68. The van der Waals surface area contributed by atoms with E-state index in [0.29, 0.717) is 6.61 Å². The van der Waals surface area contributed by atoms with Crippen molar-refractivity contribution in [2.45, 2.75) is 13.3 Å². The quantitative estimate of drug-likeness (QED) is 0.726. The Morgan fingerprint density at radius 3 is 2.74 bits per heavy atom. The van der Waals surface area contributed by atoms with Gasteiger partial charge in [0.1, 0.15) is 5.75 Å². The minimum absolute atomic E-state index is 0.203. The van der Waals surface area contributed by atoms with Crippen LogP contribution in [0.25, 0.3) is 22.0 Å². The molecule has 0 spiro atoms. The van der Waals surface area contributed by atoms with Gasteiger partial charge in [-0.05, 0) is 41.8 Å². The molecule has 0 saturated carbocycles. The number of H-pyrrole nitrogens is 1. The van der Waals surface area contributed by atoms with Crippen LogP contribution in [0.1, 0.15) is 12.5 Å². The summed E-state index contributed by atoms with van der Waals surface area (Å²) in [7, 11) is 1.66. The Kier molecular flexibility index (Phi) is 4.33. The second kappa shape index (κ2) is 6.57. The number of methoxy groups -OCH3 is 1. The van der Waals surface area contributed by atoms with E-state index in [1.807, 2.05) is 43.5 Å². The maximum Gasteiger partial charge on any atom is 0.310 e. The maximum atomic E-state index is 11.7. The number of rotatable bonds is 5. The van der Waals surface area contributed by atoms with Crippen molar-refractivity contribution in [1.82, 2.24) is 4.98 Å². The highest BCUT2D eigenvalue weighted by Gasteiger charge is 2.10. The van der Waals surface area contributed by atoms with Gasteiger partial charge in [0.05, 0.1) is 20.1 Å². The molecule has 1 heterocycles. The van der Waals surface area contributed by atoms with Crippen LogP contribution in [0.5, 0.6) is 5.75 Å². The first kappa shape index (κ1) is 15.2. The number of esters is 1. The van der Waals surface area contributed by atoms with Gasteiger partial charge in [-0.2, -0.15) is 0 Å². The van der Waals surface area contributed by atoms with Crippen LogP contribution in [0.3, 0.4) is 0 Å². The highest BCUT2D eigenvalue weighted by atomic mass is 16.5. The van der Waals surface area contributed by atoms with E-state index in [9.17, 15) is 4.79 Å².